The largest absolute Gasteiger partial charge is 0.310 e. The molecule has 11 heteroatoms. The highest BCUT2D eigenvalue weighted by molar-refractivity contribution is 6.10. The molecule has 0 saturated heterocycles. The van der Waals surface area contributed by atoms with Crippen molar-refractivity contribution in [2.24, 2.45) is 0 Å². The molecule has 0 amide bonds. The minimum atomic E-state index is 0.477. The van der Waals surface area contributed by atoms with Crippen molar-refractivity contribution in [3.05, 3.63) is 299 Å². The van der Waals surface area contributed by atoms with Crippen LogP contribution in [0.4, 0.5) is 17.1 Å². The van der Waals surface area contributed by atoms with Gasteiger partial charge in [0.05, 0.1) is 11.0 Å². The predicted molar refractivity (Wildman–Crippen MR) is 348 cm³/mol. The number of rotatable bonds is 17. The Balaban J connectivity index is 0.896. The summed E-state index contributed by atoms with van der Waals surface area (Å²) >= 11 is 0. The van der Waals surface area contributed by atoms with Crippen LogP contribution in [-0.2, 0) is 0 Å². The van der Waals surface area contributed by atoms with Gasteiger partial charge in [0.15, 0.2) is 46.6 Å². The van der Waals surface area contributed by atoms with Crippen LogP contribution in [0.25, 0.3) is 113 Å². The maximum atomic E-state index is 5.05. The number of benzene rings is 8. The van der Waals surface area contributed by atoms with Crippen LogP contribution in [0, 0.1) is 0 Å². The maximum Gasteiger partial charge on any atom is 0.168 e. The molecule has 0 spiro atoms. The molecular formula is C74H55N11. The molecular weight excluding hydrogens is 1040 g/mol. The SMILES string of the molecule is C=C/C=C\C(=C)c1nc(-c2ccccc2)nc(-c2cccc(N(c3ccccc3)c3cccc(-c4nnc(-c5ccc6c(c5)c5ccccc5n6-c5cccc(-c6nc(C(=C)/C=C\C=C)nc(-c7ccccc7)n6)c5)n4C4=CCCC=C4)c3)c2)n1. The van der Waals surface area contributed by atoms with Gasteiger partial charge in [0.2, 0.25) is 0 Å². The number of nitrogens with zero attached hydrogens (tertiary/aromatic N) is 11. The molecule has 12 aromatic rings. The molecule has 11 nitrogen and oxygen atoms in total. The van der Waals surface area contributed by atoms with Gasteiger partial charge < -0.3 is 9.47 Å². The third-order valence-corrected chi connectivity index (χ3v) is 14.7. The van der Waals surface area contributed by atoms with Gasteiger partial charge in [0.1, 0.15) is 0 Å². The van der Waals surface area contributed by atoms with Gasteiger partial charge in [-0.05, 0) is 91.7 Å². The van der Waals surface area contributed by atoms with E-state index in [1.165, 1.54) is 0 Å². The average Bonchev–Trinajstić information content (AvgIpc) is 3.73. The minimum absolute atomic E-state index is 0.477. The van der Waals surface area contributed by atoms with Gasteiger partial charge in [-0.25, -0.2) is 29.9 Å². The van der Waals surface area contributed by atoms with Gasteiger partial charge in [-0.15, -0.1) is 10.2 Å². The van der Waals surface area contributed by atoms with E-state index in [9.17, 15) is 0 Å². The molecule has 8 aromatic carbocycles. The molecule has 0 fully saturated rings. The van der Waals surface area contributed by atoms with E-state index in [2.05, 4.69) is 180 Å². The molecule has 0 radical (unpaired) electrons. The van der Waals surface area contributed by atoms with Crippen LogP contribution in [0.3, 0.4) is 0 Å². The summed E-state index contributed by atoms with van der Waals surface area (Å²) in [6.45, 7) is 16.2. The van der Waals surface area contributed by atoms with Crippen molar-refractivity contribution < 1.29 is 0 Å². The lowest BCUT2D eigenvalue weighted by Crippen LogP contribution is -2.10. The Morgan fingerprint density at radius 1 is 0.412 bits per heavy atom. The number of hydrogen-bond acceptors (Lipinski definition) is 9. The molecule has 4 aromatic heterocycles. The zero-order valence-corrected chi connectivity index (χ0v) is 46.5. The lowest BCUT2D eigenvalue weighted by atomic mass is 10.1. The molecule has 0 atom stereocenters. The van der Waals surface area contributed by atoms with Crippen molar-refractivity contribution >= 4 is 55.7 Å². The third kappa shape index (κ3) is 10.7. The second-order valence-electron chi connectivity index (χ2n) is 20.3. The Kier molecular flexibility index (Phi) is 14.6. The van der Waals surface area contributed by atoms with Gasteiger partial charge in [-0.3, -0.25) is 4.57 Å². The number of para-hydroxylation sites is 2. The van der Waals surface area contributed by atoms with Crippen LogP contribution in [0.2, 0.25) is 0 Å². The summed E-state index contributed by atoms with van der Waals surface area (Å²) in [4.78, 5) is 31.9. The number of allylic oxidation sites excluding steroid dienone is 12. The molecule has 85 heavy (non-hydrogen) atoms. The molecule has 1 aliphatic rings. The van der Waals surface area contributed by atoms with E-state index >= 15 is 0 Å². The predicted octanol–water partition coefficient (Wildman–Crippen LogP) is 17.9. The number of anilines is 3. The number of hydrogen-bond donors (Lipinski definition) is 0. The Morgan fingerprint density at radius 2 is 0.894 bits per heavy atom. The molecule has 1 aliphatic carbocycles. The lowest BCUT2D eigenvalue weighted by molar-refractivity contribution is 1.00. The standard InChI is InChI=1S/C74H55N11/c1-5-7-26-50(3)67-75-69(52-28-13-9-14-29-52)79-71(77-67)54-32-23-39-60(46-54)83(58-35-17-11-18-36-58)61-40-25-34-56(48-61)73-81-82-74(85(73)59-37-19-12-20-38-59)57-44-45-66-64(49-57)63-42-21-22-43-65(63)84(66)62-41-24-33-55(47-62)72-78-68(51(4)27-8-6-2)76-70(80-72)53-30-15-10-16-31-53/h5-11,13-19,21-49H,1-4,12,20H2/b26-7-,27-8-. The fourth-order valence-corrected chi connectivity index (χ4v) is 10.7. The quantitative estimate of drug-likeness (QED) is 0.0822. The van der Waals surface area contributed by atoms with E-state index in [-0.39, 0.29) is 0 Å². The first kappa shape index (κ1) is 52.8. The normalized spacial score (nSPS) is 12.3. The van der Waals surface area contributed by atoms with Crippen LogP contribution >= 0.6 is 0 Å². The minimum Gasteiger partial charge on any atom is -0.310 e. The number of fused-ring (bicyclic) bond motifs is 3. The van der Waals surface area contributed by atoms with E-state index < -0.39 is 0 Å². The summed E-state index contributed by atoms with van der Waals surface area (Å²) in [6.07, 6.45) is 19.3. The van der Waals surface area contributed by atoms with Crippen molar-refractivity contribution in [2.45, 2.75) is 12.8 Å². The van der Waals surface area contributed by atoms with E-state index in [1.54, 1.807) is 12.2 Å². The van der Waals surface area contributed by atoms with Gasteiger partial charge in [-0.2, -0.15) is 0 Å². The van der Waals surface area contributed by atoms with Gasteiger partial charge in [0.25, 0.3) is 0 Å². The van der Waals surface area contributed by atoms with E-state index in [4.69, 9.17) is 40.1 Å². The summed E-state index contributed by atoms with van der Waals surface area (Å²) in [5, 5.41) is 12.3. The molecule has 0 unspecified atom stereocenters. The van der Waals surface area contributed by atoms with E-state index in [1.807, 2.05) is 109 Å². The smallest absolute Gasteiger partial charge is 0.168 e. The Morgan fingerprint density at radius 3 is 1.48 bits per heavy atom. The highest BCUT2D eigenvalue weighted by Crippen LogP contribution is 2.41. The van der Waals surface area contributed by atoms with Crippen molar-refractivity contribution in [1.29, 1.82) is 0 Å². The fraction of sp³-hybridized carbons (Fsp3) is 0.0270. The molecule has 0 saturated carbocycles. The third-order valence-electron chi connectivity index (χ3n) is 14.7. The van der Waals surface area contributed by atoms with Gasteiger partial charge in [-0.1, -0.05) is 208 Å². The summed E-state index contributed by atoms with van der Waals surface area (Å²) in [5.74, 6) is 4.59. The molecule has 13 rings (SSSR count). The van der Waals surface area contributed by atoms with Crippen molar-refractivity contribution in [3.8, 4) is 74.0 Å². The van der Waals surface area contributed by atoms with Crippen LogP contribution in [-0.4, -0.2) is 49.2 Å². The molecule has 406 valence electrons. The average molecular weight is 1100 g/mol. The second kappa shape index (κ2) is 23.5. The Labute approximate surface area is 493 Å². The Bertz CT molecular complexity index is 4680. The topological polar surface area (TPSA) is 116 Å². The molecule has 4 heterocycles. The van der Waals surface area contributed by atoms with E-state index in [0.29, 0.717) is 51.9 Å². The van der Waals surface area contributed by atoms with E-state index in [0.717, 1.165) is 102 Å². The monoisotopic (exact) mass is 1100 g/mol. The first-order valence-corrected chi connectivity index (χ1v) is 28.0. The maximum absolute atomic E-state index is 5.05. The zero-order chi connectivity index (χ0) is 57.6. The lowest BCUT2D eigenvalue weighted by Gasteiger charge is -2.26. The second-order valence-corrected chi connectivity index (χ2v) is 20.3. The fourth-order valence-electron chi connectivity index (χ4n) is 10.7. The van der Waals surface area contributed by atoms with Crippen molar-refractivity contribution in [3.63, 3.8) is 0 Å². The first-order chi connectivity index (χ1) is 41.9. The van der Waals surface area contributed by atoms with Crippen LogP contribution in [0.5, 0.6) is 0 Å². The zero-order valence-electron chi connectivity index (χ0n) is 46.5. The molecule has 0 bridgehead atoms. The van der Waals surface area contributed by atoms with Crippen molar-refractivity contribution in [2.75, 3.05) is 4.90 Å². The summed E-state index contributed by atoms with van der Waals surface area (Å²) < 4.78 is 4.50. The van der Waals surface area contributed by atoms with Crippen LogP contribution in [0.1, 0.15) is 24.5 Å². The highest BCUT2D eigenvalue weighted by Gasteiger charge is 2.24. The summed E-state index contributed by atoms with van der Waals surface area (Å²) in [7, 11) is 0. The molecule has 0 N–H and O–H groups in total. The first-order valence-electron chi connectivity index (χ1n) is 28.0. The van der Waals surface area contributed by atoms with Gasteiger partial charge >= 0.3 is 0 Å². The van der Waals surface area contributed by atoms with Crippen molar-refractivity contribution in [1.82, 2.24) is 49.2 Å². The summed E-state index contributed by atoms with van der Waals surface area (Å²) in [5.41, 5.74) is 13.4. The molecule has 0 aliphatic heterocycles. The summed E-state index contributed by atoms with van der Waals surface area (Å²) in [6, 6.07) is 70.5. The van der Waals surface area contributed by atoms with Crippen LogP contribution in [0.15, 0.2) is 287 Å². The van der Waals surface area contributed by atoms with Gasteiger partial charge in [0, 0.05) is 83.7 Å². The van der Waals surface area contributed by atoms with Crippen LogP contribution < -0.4 is 4.90 Å². The number of aromatic nitrogens is 10. The Hall–Kier alpha value is -11.6. The highest BCUT2D eigenvalue weighted by atomic mass is 15.3.